The van der Waals surface area contributed by atoms with E-state index in [1.54, 1.807) is 13.2 Å². The Balaban J connectivity index is 1.81. The van der Waals surface area contributed by atoms with Gasteiger partial charge in [-0.1, -0.05) is 12.1 Å². The van der Waals surface area contributed by atoms with E-state index in [1.807, 2.05) is 18.2 Å². The Morgan fingerprint density at radius 3 is 2.52 bits per heavy atom. The molecule has 6 nitrogen and oxygen atoms in total. The van der Waals surface area contributed by atoms with Gasteiger partial charge in [0.25, 0.3) is 0 Å². The molecule has 0 amide bonds. The van der Waals surface area contributed by atoms with E-state index in [2.05, 4.69) is 32.0 Å². The zero-order valence-corrected chi connectivity index (χ0v) is 13.2. The highest BCUT2D eigenvalue weighted by molar-refractivity contribution is 5.87. The van der Waals surface area contributed by atoms with Crippen molar-refractivity contribution in [2.75, 3.05) is 25.7 Å². The molecule has 0 aliphatic carbocycles. The van der Waals surface area contributed by atoms with E-state index in [9.17, 15) is 4.79 Å². The standard InChI is InChI=1S/C17H19N3O3/c1-22-13-7-5-12(6-8-13)15-4-3-11-20(15)16-10-9-14(18-19-16)17(21)23-2/h5-10,15H,3-4,11H2,1-2H3. The number of esters is 1. The molecule has 0 bridgehead atoms. The molecule has 1 fully saturated rings. The summed E-state index contributed by atoms with van der Waals surface area (Å²) in [6.07, 6.45) is 2.16. The van der Waals surface area contributed by atoms with Gasteiger partial charge >= 0.3 is 5.97 Å². The lowest BCUT2D eigenvalue weighted by Gasteiger charge is -2.25. The Bertz CT molecular complexity index is 670. The van der Waals surface area contributed by atoms with Crippen LogP contribution in [0, 0.1) is 0 Å². The summed E-state index contributed by atoms with van der Waals surface area (Å²) in [7, 11) is 2.99. The second-order valence-electron chi connectivity index (χ2n) is 5.39. The summed E-state index contributed by atoms with van der Waals surface area (Å²) in [4.78, 5) is 13.7. The Hall–Kier alpha value is -2.63. The molecule has 0 N–H and O–H groups in total. The molecule has 2 heterocycles. The Morgan fingerprint density at radius 1 is 1.13 bits per heavy atom. The van der Waals surface area contributed by atoms with E-state index in [0.717, 1.165) is 31.0 Å². The highest BCUT2D eigenvalue weighted by Gasteiger charge is 2.27. The molecule has 1 aliphatic heterocycles. The number of anilines is 1. The number of hydrogen-bond donors (Lipinski definition) is 0. The van der Waals surface area contributed by atoms with Crippen molar-refractivity contribution in [3.05, 3.63) is 47.7 Å². The van der Waals surface area contributed by atoms with Crippen molar-refractivity contribution in [3.8, 4) is 5.75 Å². The lowest BCUT2D eigenvalue weighted by Crippen LogP contribution is -2.24. The van der Waals surface area contributed by atoms with Crippen molar-refractivity contribution in [2.45, 2.75) is 18.9 Å². The molecule has 1 unspecified atom stereocenters. The molecular weight excluding hydrogens is 294 g/mol. The Kier molecular flexibility index (Phi) is 4.41. The van der Waals surface area contributed by atoms with Gasteiger partial charge in [0.2, 0.25) is 0 Å². The van der Waals surface area contributed by atoms with Crippen LogP contribution >= 0.6 is 0 Å². The number of hydrogen-bond acceptors (Lipinski definition) is 6. The average molecular weight is 313 g/mol. The minimum absolute atomic E-state index is 0.219. The number of carbonyl (C=O) groups is 1. The van der Waals surface area contributed by atoms with E-state index in [4.69, 9.17) is 4.74 Å². The zero-order valence-electron chi connectivity index (χ0n) is 13.2. The number of rotatable bonds is 4. The molecule has 0 saturated carbocycles. The average Bonchev–Trinajstić information content (AvgIpc) is 3.11. The SMILES string of the molecule is COC(=O)c1ccc(N2CCCC2c2ccc(OC)cc2)nn1. The molecule has 0 radical (unpaired) electrons. The highest BCUT2D eigenvalue weighted by Crippen LogP contribution is 2.35. The minimum Gasteiger partial charge on any atom is -0.497 e. The van der Waals surface area contributed by atoms with Crippen molar-refractivity contribution in [2.24, 2.45) is 0 Å². The highest BCUT2D eigenvalue weighted by atomic mass is 16.5. The van der Waals surface area contributed by atoms with Crippen LogP contribution in [0.1, 0.15) is 34.9 Å². The van der Waals surface area contributed by atoms with Gasteiger partial charge in [0.05, 0.1) is 20.3 Å². The minimum atomic E-state index is -0.475. The smallest absolute Gasteiger partial charge is 0.358 e. The molecule has 1 aromatic heterocycles. The maximum Gasteiger partial charge on any atom is 0.358 e. The zero-order chi connectivity index (χ0) is 16.2. The molecule has 2 aromatic rings. The van der Waals surface area contributed by atoms with Crippen molar-refractivity contribution < 1.29 is 14.3 Å². The topological polar surface area (TPSA) is 64.5 Å². The van der Waals surface area contributed by atoms with Gasteiger partial charge in [0.15, 0.2) is 11.5 Å². The van der Waals surface area contributed by atoms with Gasteiger partial charge in [-0.25, -0.2) is 4.79 Å². The van der Waals surface area contributed by atoms with Crippen LogP contribution in [0.5, 0.6) is 5.75 Å². The number of nitrogens with zero attached hydrogens (tertiary/aromatic N) is 3. The van der Waals surface area contributed by atoms with E-state index >= 15 is 0 Å². The van der Waals surface area contributed by atoms with Crippen molar-refractivity contribution in [1.29, 1.82) is 0 Å². The quantitative estimate of drug-likeness (QED) is 0.809. The van der Waals surface area contributed by atoms with Gasteiger partial charge in [0.1, 0.15) is 5.75 Å². The molecular formula is C17H19N3O3. The molecule has 1 aliphatic rings. The van der Waals surface area contributed by atoms with E-state index < -0.39 is 5.97 Å². The first-order chi connectivity index (χ1) is 11.2. The second kappa shape index (κ2) is 6.64. The molecule has 6 heteroatoms. The number of benzene rings is 1. The van der Waals surface area contributed by atoms with Crippen LogP contribution in [0.25, 0.3) is 0 Å². The third kappa shape index (κ3) is 3.11. The third-order valence-electron chi connectivity index (χ3n) is 4.09. The lowest BCUT2D eigenvalue weighted by molar-refractivity contribution is 0.0592. The normalized spacial score (nSPS) is 17.1. The summed E-state index contributed by atoms with van der Waals surface area (Å²) in [5, 5.41) is 8.15. The van der Waals surface area contributed by atoms with E-state index in [0.29, 0.717) is 0 Å². The summed E-state index contributed by atoms with van der Waals surface area (Å²) >= 11 is 0. The first-order valence-electron chi connectivity index (χ1n) is 7.55. The summed E-state index contributed by atoms with van der Waals surface area (Å²) in [5.74, 6) is 1.15. The van der Waals surface area contributed by atoms with Gasteiger partial charge in [0, 0.05) is 6.54 Å². The molecule has 120 valence electrons. The maximum atomic E-state index is 11.4. The largest absolute Gasteiger partial charge is 0.497 e. The number of ether oxygens (including phenoxy) is 2. The predicted molar refractivity (Wildman–Crippen MR) is 85.7 cm³/mol. The maximum absolute atomic E-state index is 11.4. The van der Waals surface area contributed by atoms with Gasteiger partial charge in [-0.3, -0.25) is 0 Å². The molecule has 1 saturated heterocycles. The fourth-order valence-corrected chi connectivity index (χ4v) is 2.91. The Labute approximate surface area is 135 Å². The predicted octanol–water partition coefficient (Wildman–Crippen LogP) is 2.61. The number of aromatic nitrogens is 2. The molecule has 1 atom stereocenters. The summed E-state index contributed by atoms with van der Waals surface area (Å²) in [6, 6.07) is 11.8. The van der Waals surface area contributed by atoms with Crippen LogP contribution in [0.4, 0.5) is 5.82 Å². The van der Waals surface area contributed by atoms with E-state index in [1.165, 1.54) is 12.7 Å². The molecule has 1 aromatic carbocycles. The van der Waals surface area contributed by atoms with Crippen LogP contribution < -0.4 is 9.64 Å². The Morgan fingerprint density at radius 2 is 1.91 bits per heavy atom. The van der Waals surface area contributed by atoms with Gasteiger partial charge in [-0.05, 0) is 42.7 Å². The van der Waals surface area contributed by atoms with E-state index in [-0.39, 0.29) is 11.7 Å². The van der Waals surface area contributed by atoms with Crippen molar-refractivity contribution in [1.82, 2.24) is 10.2 Å². The first-order valence-corrected chi connectivity index (χ1v) is 7.55. The molecule has 0 spiro atoms. The van der Waals surface area contributed by atoms with Crippen LogP contribution in [0.15, 0.2) is 36.4 Å². The van der Waals surface area contributed by atoms with Crippen LogP contribution in [-0.2, 0) is 4.74 Å². The lowest BCUT2D eigenvalue weighted by atomic mass is 10.0. The van der Waals surface area contributed by atoms with Crippen molar-refractivity contribution >= 4 is 11.8 Å². The van der Waals surface area contributed by atoms with Gasteiger partial charge in [-0.15, -0.1) is 10.2 Å². The monoisotopic (exact) mass is 313 g/mol. The van der Waals surface area contributed by atoms with Crippen LogP contribution in [0.2, 0.25) is 0 Å². The second-order valence-corrected chi connectivity index (χ2v) is 5.39. The summed E-state index contributed by atoms with van der Waals surface area (Å²) in [5.41, 5.74) is 1.44. The van der Waals surface area contributed by atoms with Gasteiger partial charge in [-0.2, -0.15) is 0 Å². The fourth-order valence-electron chi connectivity index (χ4n) is 2.91. The van der Waals surface area contributed by atoms with Crippen LogP contribution in [0.3, 0.4) is 0 Å². The van der Waals surface area contributed by atoms with Crippen LogP contribution in [-0.4, -0.2) is 36.9 Å². The molecule has 3 rings (SSSR count). The fraction of sp³-hybridized carbons (Fsp3) is 0.353. The molecule has 23 heavy (non-hydrogen) atoms. The summed E-state index contributed by atoms with van der Waals surface area (Å²) < 4.78 is 9.86. The third-order valence-corrected chi connectivity index (χ3v) is 4.09. The van der Waals surface area contributed by atoms with Gasteiger partial charge < -0.3 is 14.4 Å². The summed E-state index contributed by atoms with van der Waals surface area (Å²) in [6.45, 7) is 0.920. The first kappa shape index (κ1) is 15.3. The number of carbonyl (C=O) groups excluding carboxylic acids is 1. The van der Waals surface area contributed by atoms with Crippen molar-refractivity contribution in [3.63, 3.8) is 0 Å². The number of methoxy groups -OCH3 is 2.